The lowest BCUT2D eigenvalue weighted by molar-refractivity contribution is -0.384. The molecule has 0 unspecified atom stereocenters. The van der Waals surface area contributed by atoms with Gasteiger partial charge in [0.1, 0.15) is 5.69 Å². The SMILES string of the molecule is CCc1nn(C)c(NCC2(C)CCN(C)CC2)c1[N+](=O)[O-]. The van der Waals surface area contributed by atoms with Crippen molar-refractivity contribution in [1.82, 2.24) is 14.7 Å². The summed E-state index contributed by atoms with van der Waals surface area (Å²) in [5.41, 5.74) is 0.840. The molecule has 0 amide bonds. The van der Waals surface area contributed by atoms with Gasteiger partial charge in [0.05, 0.1) is 4.92 Å². The Kier molecular flexibility index (Phi) is 4.51. The first-order chi connectivity index (χ1) is 9.86. The molecule has 0 radical (unpaired) electrons. The third-order valence-electron chi connectivity index (χ3n) is 4.49. The number of nitrogens with zero attached hydrogens (tertiary/aromatic N) is 4. The average Bonchev–Trinajstić information content (AvgIpc) is 2.77. The number of aromatic nitrogens is 2. The maximum absolute atomic E-state index is 11.3. The normalized spacial score (nSPS) is 18.7. The van der Waals surface area contributed by atoms with Gasteiger partial charge in [0.25, 0.3) is 0 Å². The number of aryl methyl sites for hydroxylation is 2. The van der Waals surface area contributed by atoms with Crippen molar-refractivity contribution in [3.8, 4) is 0 Å². The zero-order valence-electron chi connectivity index (χ0n) is 13.3. The van der Waals surface area contributed by atoms with Crippen LogP contribution in [0.3, 0.4) is 0 Å². The van der Waals surface area contributed by atoms with Gasteiger partial charge < -0.3 is 10.2 Å². The highest BCUT2D eigenvalue weighted by atomic mass is 16.6. The van der Waals surface area contributed by atoms with Gasteiger partial charge in [-0.15, -0.1) is 0 Å². The third-order valence-corrected chi connectivity index (χ3v) is 4.49. The molecule has 1 N–H and O–H groups in total. The number of piperidine rings is 1. The van der Waals surface area contributed by atoms with E-state index in [1.54, 1.807) is 11.7 Å². The van der Waals surface area contributed by atoms with Gasteiger partial charge in [0.15, 0.2) is 0 Å². The van der Waals surface area contributed by atoms with Crippen molar-refractivity contribution in [1.29, 1.82) is 0 Å². The van der Waals surface area contributed by atoms with E-state index in [2.05, 4.69) is 29.3 Å². The Hall–Kier alpha value is -1.63. The van der Waals surface area contributed by atoms with Crippen molar-refractivity contribution < 1.29 is 4.92 Å². The van der Waals surface area contributed by atoms with Gasteiger partial charge in [-0.2, -0.15) is 5.10 Å². The topological polar surface area (TPSA) is 76.2 Å². The first-order valence-corrected chi connectivity index (χ1v) is 7.49. The summed E-state index contributed by atoms with van der Waals surface area (Å²) in [6.45, 7) is 7.02. The van der Waals surface area contributed by atoms with Crippen LogP contribution in [0.2, 0.25) is 0 Å². The number of anilines is 1. The van der Waals surface area contributed by atoms with Crippen LogP contribution in [0.4, 0.5) is 11.5 Å². The zero-order chi connectivity index (χ0) is 15.6. The van der Waals surface area contributed by atoms with Gasteiger partial charge in [-0.05, 0) is 44.8 Å². The maximum atomic E-state index is 11.3. The highest BCUT2D eigenvalue weighted by Crippen LogP contribution is 2.33. The van der Waals surface area contributed by atoms with Crippen LogP contribution in [-0.4, -0.2) is 46.3 Å². The minimum atomic E-state index is -0.328. The van der Waals surface area contributed by atoms with Crippen molar-refractivity contribution in [3.63, 3.8) is 0 Å². The lowest BCUT2D eigenvalue weighted by Gasteiger charge is -2.38. The predicted octanol–water partition coefficient (Wildman–Crippen LogP) is 2.03. The van der Waals surface area contributed by atoms with Gasteiger partial charge >= 0.3 is 5.69 Å². The first kappa shape index (κ1) is 15.8. The van der Waals surface area contributed by atoms with Crippen LogP contribution in [0.1, 0.15) is 32.4 Å². The molecule has 1 aliphatic rings. The summed E-state index contributed by atoms with van der Waals surface area (Å²) in [7, 11) is 3.89. The molecule has 21 heavy (non-hydrogen) atoms. The molecule has 2 rings (SSSR count). The number of hydrogen-bond acceptors (Lipinski definition) is 5. The second-order valence-electron chi connectivity index (χ2n) is 6.35. The van der Waals surface area contributed by atoms with E-state index in [9.17, 15) is 10.1 Å². The molecular formula is C14H25N5O2. The fourth-order valence-electron chi connectivity index (χ4n) is 2.83. The molecule has 0 atom stereocenters. The Labute approximate surface area is 125 Å². The molecule has 0 aliphatic carbocycles. The molecule has 0 saturated carbocycles. The van der Waals surface area contributed by atoms with E-state index >= 15 is 0 Å². The summed E-state index contributed by atoms with van der Waals surface area (Å²) >= 11 is 0. The van der Waals surface area contributed by atoms with Gasteiger partial charge in [-0.25, -0.2) is 4.68 Å². The summed E-state index contributed by atoms with van der Waals surface area (Å²) in [5, 5.41) is 18.8. The summed E-state index contributed by atoms with van der Waals surface area (Å²) in [6, 6.07) is 0. The predicted molar refractivity (Wildman–Crippen MR) is 82.6 cm³/mol. The van der Waals surface area contributed by atoms with E-state index in [-0.39, 0.29) is 16.0 Å². The molecule has 0 aromatic carbocycles. The average molecular weight is 295 g/mol. The van der Waals surface area contributed by atoms with Gasteiger partial charge in [-0.1, -0.05) is 13.8 Å². The Bertz CT molecular complexity index is 518. The van der Waals surface area contributed by atoms with Crippen LogP contribution in [-0.2, 0) is 13.5 Å². The van der Waals surface area contributed by atoms with Crippen LogP contribution in [0, 0.1) is 15.5 Å². The van der Waals surface area contributed by atoms with Crippen molar-refractivity contribution in [2.24, 2.45) is 12.5 Å². The molecule has 118 valence electrons. The van der Waals surface area contributed by atoms with Crippen LogP contribution in [0.5, 0.6) is 0 Å². The minimum Gasteiger partial charge on any atom is -0.364 e. The van der Waals surface area contributed by atoms with E-state index in [0.717, 1.165) is 32.5 Å². The fraction of sp³-hybridized carbons (Fsp3) is 0.786. The van der Waals surface area contributed by atoms with E-state index in [1.807, 2.05) is 6.92 Å². The lowest BCUT2D eigenvalue weighted by atomic mass is 9.80. The van der Waals surface area contributed by atoms with Crippen LogP contribution in [0.15, 0.2) is 0 Å². The molecule has 1 fully saturated rings. The van der Waals surface area contributed by atoms with Crippen molar-refractivity contribution in [2.45, 2.75) is 33.1 Å². The Morgan fingerprint density at radius 3 is 2.52 bits per heavy atom. The number of rotatable bonds is 5. The summed E-state index contributed by atoms with van der Waals surface area (Å²) in [4.78, 5) is 13.3. The summed E-state index contributed by atoms with van der Waals surface area (Å²) < 4.78 is 1.59. The van der Waals surface area contributed by atoms with E-state index in [0.29, 0.717) is 17.9 Å². The molecule has 7 nitrogen and oxygen atoms in total. The molecular weight excluding hydrogens is 270 g/mol. The van der Waals surface area contributed by atoms with Gasteiger partial charge in [-0.3, -0.25) is 10.1 Å². The molecule has 1 aliphatic heterocycles. The third kappa shape index (κ3) is 3.34. The Morgan fingerprint density at radius 1 is 1.38 bits per heavy atom. The highest BCUT2D eigenvalue weighted by molar-refractivity contribution is 5.59. The van der Waals surface area contributed by atoms with E-state index in [1.165, 1.54) is 0 Å². The molecule has 0 bridgehead atoms. The zero-order valence-corrected chi connectivity index (χ0v) is 13.3. The second-order valence-corrected chi connectivity index (χ2v) is 6.35. The highest BCUT2D eigenvalue weighted by Gasteiger charge is 2.31. The van der Waals surface area contributed by atoms with Crippen LogP contribution >= 0.6 is 0 Å². The number of nitro groups is 1. The van der Waals surface area contributed by atoms with Crippen LogP contribution in [0.25, 0.3) is 0 Å². The van der Waals surface area contributed by atoms with Gasteiger partial charge in [0.2, 0.25) is 5.82 Å². The van der Waals surface area contributed by atoms with Gasteiger partial charge in [0, 0.05) is 13.6 Å². The standard InChI is InChI=1S/C14H25N5O2/c1-5-11-12(19(20)21)13(18(4)16-11)15-10-14(2)6-8-17(3)9-7-14/h15H,5-10H2,1-4H3. The number of hydrogen-bond donors (Lipinski definition) is 1. The molecule has 7 heteroatoms. The fourth-order valence-corrected chi connectivity index (χ4v) is 2.83. The molecule has 0 spiro atoms. The molecule has 1 saturated heterocycles. The van der Waals surface area contributed by atoms with Crippen molar-refractivity contribution in [2.75, 3.05) is 32.0 Å². The molecule has 2 heterocycles. The maximum Gasteiger partial charge on any atom is 0.333 e. The first-order valence-electron chi connectivity index (χ1n) is 7.49. The summed E-state index contributed by atoms with van der Waals surface area (Å²) in [5.74, 6) is 0.525. The quantitative estimate of drug-likeness (QED) is 0.664. The molecule has 1 aromatic rings. The largest absolute Gasteiger partial charge is 0.364 e. The Balaban J connectivity index is 2.13. The minimum absolute atomic E-state index is 0.122. The van der Waals surface area contributed by atoms with E-state index in [4.69, 9.17) is 0 Å². The molecule has 1 aromatic heterocycles. The summed E-state index contributed by atoms with van der Waals surface area (Å²) in [6.07, 6.45) is 2.76. The Morgan fingerprint density at radius 2 is 2.00 bits per heavy atom. The number of likely N-dealkylation sites (tertiary alicyclic amines) is 1. The second kappa shape index (κ2) is 6.01. The number of nitrogens with one attached hydrogen (secondary N) is 1. The lowest BCUT2D eigenvalue weighted by Crippen LogP contribution is -2.40. The van der Waals surface area contributed by atoms with E-state index < -0.39 is 0 Å². The van der Waals surface area contributed by atoms with Crippen molar-refractivity contribution >= 4 is 11.5 Å². The smallest absolute Gasteiger partial charge is 0.333 e. The van der Waals surface area contributed by atoms with Crippen molar-refractivity contribution in [3.05, 3.63) is 15.8 Å². The van der Waals surface area contributed by atoms with Crippen LogP contribution < -0.4 is 5.32 Å². The monoisotopic (exact) mass is 295 g/mol.